The lowest BCUT2D eigenvalue weighted by Gasteiger charge is -2.26. The van der Waals surface area contributed by atoms with Crippen molar-refractivity contribution in [2.75, 3.05) is 19.6 Å². The number of benzene rings is 1. The Labute approximate surface area is 105 Å². The molecular formula is C13H14N2O3. The number of hydrogen-bond donors (Lipinski definition) is 1. The smallest absolute Gasteiger partial charge is 0.254 e. The predicted octanol–water partition coefficient (Wildman–Crippen LogP) is 0.289. The number of rotatable bonds is 1. The maximum absolute atomic E-state index is 12.3. The average molecular weight is 246 g/mol. The molecule has 5 heteroatoms. The van der Waals surface area contributed by atoms with Gasteiger partial charge in [-0.1, -0.05) is 6.07 Å². The van der Waals surface area contributed by atoms with E-state index in [0.717, 1.165) is 11.1 Å². The fraction of sp³-hybridized carbons (Fsp3) is 0.385. The second kappa shape index (κ2) is 4.42. The van der Waals surface area contributed by atoms with E-state index in [1.165, 1.54) is 0 Å². The third kappa shape index (κ3) is 1.97. The lowest BCUT2D eigenvalue weighted by Crippen LogP contribution is -2.49. The summed E-state index contributed by atoms with van der Waals surface area (Å²) in [6, 6.07) is 5.61. The van der Waals surface area contributed by atoms with E-state index < -0.39 is 0 Å². The zero-order chi connectivity index (χ0) is 12.5. The first-order valence-electron chi connectivity index (χ1n) is 5.99. The third-order valence-corrected chi connectivity index (χ3v) is 3.29. The third-order valence-electron chi connectivity index (χ3n) is 3.29. The summed E-state index contributed by atoms with van der Waals surface area (Å²) in [5.41, 5.74) is 2.85. The molecule has 0 saturated carbocycles. The fourth-order valence-electron chi connectivity index (χ4n) is 2.30. The van der Waals surface area contributed by atoms with Crippen molar-refractivity contribution in [3.05, 3.63) is 34.9 Å². The number of nitrogens with one attached hydrogen (secondary N) is 1. The highest BCUT2D eigenvalue weighted by molar-refractivity contribution is 5.97. The van der Waals surface area contributed by atoms with E-state index in [1.807, 2.05) is 18.2 Å². The zero-order valence-electron chi connectivity index (χ0n) is 9.94. The topological polar surface area (TPSA) is 58.6 Å². The van der Waals surface area contributed by atoms with Crippen LogP contribution in [0.4, 0.5) is 0 Å². The first kappa shape index (κ1) is 11.2. The van der Waals surface area contributed by atoms with Crippen LogP contribution in [-0.2, 0) is 22.7 Å². The summed E-state index contributed by atoms with van der Waals surface area (Å²) in [6.45, 7) is 2.43. The van der Waals surface area contributed by atoms with Crippen molar-refractivity contribution in [1.29, 1.82) is 0 Å². The highest BCUT2D eigenvalue weighted by atomic mass is 16.5. The Morgan fingerprint density at radius 3 is 2.94 bits per heavy atom. The van der Waals surface area contributed by atoms with E-state index in [1.54, 1.807) is 4.90 Å². The van der Waals surface area contributed by atoms with Gasteiger partial charge < -0.3 is 15.0 Å². The van der Waals surface area contributed by atoms with Crippen LogP contribution in [0.15, 0.2) is 18.2 Å². The number of piperazine rings is 1. The van der Waals surface area contributed by atoms with Gasteiger partial charge in [-0.2, -0.15) is 0 Å². The molecule has 1 N–H and O–H groups in total. The lowest BCUT2D eigenvalue weighted by molar-refractivity contribution is -0.123. The average Bonchev–Trinajstić information content (AvgIpc) is 2.85. The van der Waals surface area contributed by atoms with Crippen molar-refractivity contribution in [1.82, 2.24) is 10.2 Å². The molecule has 1 aromatic rings. The van der Waals surface area contributed by atoms with Gasteiger partial charge in [-0.25, -0.2) is 0 Å². The molecule has 1 fully saturated rings. The van der Waals surface area contributed by atoms with Crippen LogP contribution in [0.5, 0.6) is 0 Å². The Kier molecular flexibility index (Phi) is 2.76. The molecule has 5 nitrogen and oxygen atoms in total. The molecule has 1 saturated heterocycles. The quantitative estimate of drug-likeness (QED) is 0.774. The number of nitrogens with zero attached hydrogens (tertiary/aromatic N) is 1. The maximum Gasteiger partial charge on any atom is 0.254 e. The number of hydrogen-bond acceptors (Lipinski definition) is 3. The minimum Gasteiger partial charge on any atom is -0.372 e. The molecule has 0 radical (unpaired) electrons. The molecule has 0 bridgehead atoms. The maximum atomic E-state index is 12.3. The van der Waals surface area contributed by atoms with Gasteiger partial charge in [-0.05, 0) is 23.3 Å². The van der Waals surface area contributed by atoms with Crippen LogP contribution in [0.1, 0.15) is 21.5 Å². The molecule has 2 aliphatic heterocycles. The van der Waals surface area contributed by atoms with Crippen LogP contribution in [0.3, 0.4) is 0 Å². The Balaban J connectivity index is 1.81. The van der Waals surface area contributed by atoms with Gasteiger partial charge >= 0.3 is 0 Å². The van der Waals surface area contributed by atoms with Crippen molar-refractivity contribution in [3.8, 4) is 0 Å². The van der Waals surface area contributed by atoms with E-state index in [2.05, 4.69) is 5.32 Å². The molecule has 2 heterocycles. The molecule has 94 valence electrons. The minimum atomic E-state index is -0.0981. The Morgan fingerprint density at radius 1 is 1.28 bits per heavy atom. The summed E-state index contributed by atoms with van der Waals surface area (Å²) >= 11 is 0. The van der Waals surface area contributed by atoms with Gasteiger partial charge in [0.1, 0.15) is 0 Å². The van der Waals surface area contributed by atoms with E-state index in [4.69, 9.17) is 4.74 Å². The number of carbonyl (C=O) groups is 2. The normalized spacial score (nSPS) is 18.4. The molecule has 0 atom stereocenters. The second-order valence-corrected chi connectivity index (χ2v) is 4.55. The van der Waals surface area contributed by atoms with E-state index in [0.29, 0.717) is 31.9 Å². The molecule has 0 spiro atoms. The van der Waals surface area contributed by atoms with E-state index >= 15 is 0 Å². The number of carbonyl (C=O) groups excluding carboxylic acids is 2. The van der Waals surface area contributed by atoms with Gasteiger partial charge in [-0.15, -0.1) is 0 Å². The minimum absolute atomic E-state index is 0.0837. The highest BCUT2D eigenvalue weighted by Gasteiger charge is 2.23. The van der Waals surface area contributed by atoms with Gasteiger partial charge in [0.15, 0.2) is 0 Å². The molecule has 1 aromatic carbocycles. The molecular weight excluding hydrogens is 232 g/mol. The van der Waals surface area contributed by atoms with Crippen LogP contribution in [0, 0.1) is 0 Å². The fourth-order valence-corrected chi connectivity index (χ4v) is 2.30. The van der Waals surface area contributed by atoms with Crippen LogP contribution in [0.2, 0.25) is 0 Å². The summed E-state index contributed by atoms with van der Waals surface area (Å²) in [5, 5.41) is 2.71. The van der Waals surface area contributed by atoms with Crippen LogP contribution in [-0.4, -0.2) is 36.3 Å². The number of amides is 2. The van der Waals surface area contributed by atoms with E-state index in [-0.39, 0.29) is 18.4 Å². The molecule has 0 aromatic heterocycles. The first-order chi connectivity index (χ1) is 8.74. The van der Waals surface area contributed by atoms with Crippen molar-refractivity contribution in [2.45, 2.75) is 13.2 Å². The van der Waals surface area contributed by atoms with Crippen LogP contribution in [0.25, 0.3) is 0 Å². The van der Waals surface area contributed by atoms with Gasteiger partial charge in [0.2, 0.25) is 5.91 Å². The molecule has 3 rings (SSSR count). The highest BCUT2D eigenvalue weighted by Crippen LogP contribution is 2.21. The molecule has 0 aliphatic carbocycles. The molecule has 2 aliphatic rings. The Hall–Kier alpha value is -1.88. The molecule has 18 heavy (non-hydrogen) atoms. The van der Waals surface area contributed by atoms with E-state index in [9.17, 15) is 9.59 Å². The lowest BCUT2D eigenvalue weighted by atomic mass is 10.1. The molecule has 0 unspecified atom stereocenters. The summed E-state index contributed by atoms with van der Waals surface area (Å²) in [6.07, 6.45) is 0. The second-order valence-electron chi connectivity index (χ2n) is 4.55. The standard InChI is InChI=1S/C13H14N2O3/c16-12-6-15(4-3-14-12)13(17)9-1-2-10-7-18-8-11(10)5-9/h1-2,5H,3-4,6-8H2,(H,14,16). The van der Waals surface area contributed by atoms with Crippen LogP contribution >= 0.6 is 0 Å². The summed E-state index contributed by atoms with van der Waals surface area (Å²) < 4.78 is 5.32. The van der Waals surface area contributed by atoms with Gasteiger partial charge in [-0.3, -0.25) is 9.59 Å². The summed E-state index contributed by atoms with van der Waals surface area (Å²) in [7, 11) is 0. The largest absolute Gasteiger partial charge is 0.372 e. The van der Waals surface area contributed by atoms with Crippen LogP contribution < -0.4 is 5.32 Å². The van der Waals surface area contributed by atoms with Crippen molar-refractivity contribution in [3.63, 3.8) is 0 Å². The summed E-state index contributed by atoms with van der Waals surface area (Å²) in [5.74, 6) is -0.182. The number of ether oxygens (including phenoxy) is 1. The van der Waals surface area contributed by atoms with Gasteiger partial charge in [0, 0.05) is 18.7 Å². The number of fused-ring (bicyclic) bond motifs is 1. The predicted molar refractivity (Wildman–Crippen MR) is 63.8 cm³/mol. The molecule has 2 amide bonds. The van der Waals surface area contributed by atoms with Crippen molar-refractivity contribution in [2.24, 2.45) is 0 Å². The first-order valence-corrected chi connectivity index (χ1v) is 5.99. The SMILES string of the molecule is O=C1CN(C(=O)c2ccc3c(c2)COC3)CCN1. The Morgan fingerprint density at radius 2 is 2.11 bits per heavy atom. The Bertz CT molecular complexity index is 513. The van der Waals surface area contributed by atoms with Crippen molar-refractivity contribution >= 4 is 11.8 Å². The summed E-state index contributed by atoms with van der Waals surface area (Å²) in [4.78, 5) is 25.1. The zero-order valence-corrected chi connectivity index (χ0v) is 9.94. The monoisotopic (exact) mass is 246 g/mol. The van der Waals surface area contributed by atoms with Gasteiger partial charge in [0.05, 0.1) is 19.8 Å². The van der Waals surface area contributed by atoms with Crippen molar-refractivity contribution < 1.29 is 14.3 Å². The van der Waals surface area contributed by atoms with Gasteiger partial charge in [0.25, 0.3) is 5.91 Å².